The number of hydrogen-bond acceptors (Lipinski definition) is 4. The second-order valence-electron chi connectivity index (χ2n) is 5.85. The minimum absolute atomic E-state index is 0.0134. The van der Waals surface area contributed by atoms with Crippen molar-refractivity contribution < 1.29 is 24.2 Å². The molecule has 0 aromatic carbocycles. The van der Waals surface area contributed by atoms with Crippen LogP contribution in [0, 0.1) is 5.92 Å². The Morgan fingerprint density at radius 2 is 2.05 bits per heavy atom. The zero-order valence-corrected chi connectivity index (χ0v) is 12.0. The third-order valence-electron chi connectivity index (χ3n) is 3.05. The van der Waals surface area contributed by atoms with Crippen LogP contribution in [-0.2, 0) is 14.3 Å². The number of carboxylic acids is 1. The molecule has 6 heteroatoms. The summed E-state index contributed by atoms with van der Waals surface area (Å²) >= 11 is 0. The number of rotatable bonds is 2. The van der Waals surface area contributed by atoms with Crippen molar-refractivity contribution >= 4 is 12.1 Å². The lowest BCUT2D eigenvalue weighted by atomic mass is 9.97. The van der Waals surface area contributed by atoms with Crippen LogP contribution >= 0.6 is 0 Å². The van der Waals surface area contributed by atoms with Crippen LogP contribution in [0.2, 0.25) is 0 Å². The average Bonchev–Trinajstić information content (AvgIpc) is 2.39. The number of aliphatic carboxylic acids is 1. The summed E-state index contributed by atoms with van der Waals surface area (Å²) in [7, 11) is 0. The maximum absolute atomic E-state index is 12.1. The molecule has 0 saturated carbocycles. The second kappa shape index (κ2) is 6.23. The zero-order chi connectivity index (χ0) is 14.6. The number of carbonyl (C=O) groups is 2. The quantitative estimate of drug-likeness (QED) is 0.829. The standard InChI is InChI=1S/C13H23NO5/c1-9-10(7-11(15)16)8-18-6-5-14(9)12(17)19-13(2,3)4/h9-10H,5-8H2,1-4H3,(H,15,16)/t9-,10-/m1/s1. The summed E-state index contributed by atoms with van der Waals surface area (Å²) in [4.78, 5) is 24.5. The Hall–Kier alpha value is -1.30. The first-order valence-corrected chi connectivity index (χ1v) is 6.50. The normalized spacial score (nSPS) is 24.7. The molecule has 0 radical (unpaired) electrons. The smallest absolute Gasteiger partial charge is 0.410 e. The molecule has 0 bridgehead atoms. The first-order valence-electron chi connectivity index (χ1n) is 6.50. The van der Waals surface area contributed by atoms with Crippen LogP contribution in [0.3, 0.4) is 0 Å². The summed E-state index contributed by atoms with van der Waals surface area (Å²) in [5.41, 5.74) is -0.563. The molecular weight excluding hydrogens is 250 g/mol. The van der Waals surface area contributed by atoms with Gasteiger partial charge in [0.15, 0.2) is 0 Å². The van der Waals surface area contributed by atoms with Crippen molar-refractivity contribution in [1.82, 2.24) is 4.90 Å². The Morgan fingerprint density at radius 1 is 1.42 bits per heavy atom. The van der Waals surface area contributed by atoms with Gasteiger partial charge in [0.05, 0.1) is 19.6 Å². The van der Waals surface area contributed by atoms with Crippen molar-refractivity contribution in [3.63, 3.8) is 0 Å². The van der Waals surface area contributed by atoms with Gasteiger partial charge in [-0.15, -0.1) is 0 Å². The van der Waals surface area contributed by atoms with Gasteiger partial charge in [-0.25, -0.2) is 4.79 Å². The van der Waals surface area contributed by atoms with Crippen molar-refractivity contribution in [3.05, 3.63) is 0 Å². The molecule has 0 aromatic rings. The topological polar surface area (TPSA) is 76.1 Å². The number of ether oxygens (including phenoxy) is 2. The molecule has 0 aromatic heterocycles. The maximum atomic E-state index is 12.1. The van der Waals surface area contributed by atoms with Gasteiger partial charge >= 0.3 is 12.1 Å². The van der Waals surface area contributed by atoms with Crippen LogP contribution in [0.25, 0.3) is 0 Å². The van der Waals surface area contributed by atoms with E-state index in [0.717, 1.165) is 0 Å². The molecule has 1 aliphatic heterocycles. The van der Waals surface area contributed by atoms with Crippen LogP contribution in [0.1, 0.15) is 34.1 Å². The van der Waals surface area contributed by atoms with E-state index >= 15 is 0 Å². The van der Waals surface area contributed by atoms with Gasteiger partial charge in [-0.3, -0.25) is 4.79 Å². The van der Waals surface area contributed by atoms with E-state index < -0.39 is 17.7 Å². The summed E-state index contributed by atoms with van der Waals surface area (Å²) in [6.07, 6.45) is -0.429. The van der Waals surface area contributed by atoms with E-state index in [1.165, 1.54) is 0 Å². The number of carbonyl (C=O) groups excluding carboxylic acids is 1. The monoisotopic (exact) mass is 273 g/mol. The molecule has 0 aliphatic carbocycles. The third kappa shape index (κ3) is 5.06. The Labute approximate surface area is 113 Å². The predicted octanol–water partition coefficient (Wildman–Crippen LogP) is 1.73. The molecule has 2 atom stereocenters. The lowest BCUT2D eigenvalue weighted by Crippen LogP contribution is -2.46. The van der Waals surface area contributed by atoms with Crippen LogP contribution in [0.5, 0.6) is 0 Å². The van der Waals surface area contributed by atoms with E-state index in [0.29, 0.717) is 19.8 Å². The molecule has 110 valence electrons. The van der Waals surface area contributed by atoms with Crippen LogP contribution in [-0.4, -0.2) is 53.5 Å². The molecule has 0 unspecified atom stereocenters. The number of nitrogens with zero attached hydrogens (tertiary/aromatic N) is 1. The van der Waals surface area contributed by atoms with Gasteiger partial charge in [-0.1, -0.05) is 0 Å². The summed E-state index contributed by atoms with van der Waals surface area (Å²) in [6, 6.07) is -0.214. The van der Waals surface area contributed by atoms with E-state index in [-0.39, 0.29) is 18.4 Å². The van der Waals surface area contributed by atoms with E-state index in [2.05, 4.69) is 0 Å². The molecular formula is C13H23NO5. The third-order valence-corrected chi connectivity index (χ3v) is 3.05. The Kier molecular flexibility index (Phi) is 5.17. The fourth-order valence-electron chi connectivity index (χ4n) is 2.03. The van der Waals surface area contributed by atoms with Crippen molar-refractivity contribution in [3.8, 4) is 0 Å². The zero-order valence-electron chi connectivity index (χ0n) is 12.0. The highest BCUT2D eigenvalue weighted by Gasteiger charge is 2.33. The van der Waals surface area contributed by atoms with Crippen molar-refractivity contribution in [2.75, 3.05) is 19.8 Å². The lowest BCUT2D eigenvalue weighted by Gasteiger charge is -2.32. The summed E-state index contributed by atoms with van der Waals surface area (Å²) < 4.78 is 10.7. The molecule has 1 N–H and O–H groups in total. The van der Waals surface area contributed by atoms with Crippen LogP contribution in [0.4, 0.5) is 4.79 Å². The summed E-state index contributed by atoms with van der Waals surface area (Å²) in [6.45, 7) is 8.43. The van der Waals surface area contributed by atoms with Crippen molar-refractivity contribution in [2.45, 2.75) is 45.8 Å². The highest BCUT2D eigenvalue weighted by Crippen LogP contribution is 2.21. The minimum Gasteiger partial charge on any atom is -0.481 e. The fourth-order valence-corrected chi connectivity index (χ4v) is 2.03. The van der Waals surface area contributed by atoms with Gasteiger partial charge in [0.2, 0.25) is 0 Å². The van der Waals surface area contributed by atoms with Gasteiger partial charge in [0.1, 0.15) is 5.60 Å². The van der Waals surface area contributed by atoms with Gasteiger partial charge < -0.3 is 19.5 Å². The lowest BCUT2D eigenvalue weighted by molar-refractivity contribution is -0.139. The van der Waals surface area contributed by atoms with Crippen molar-refractivity contribution in [1.29, 1.82) is 0 Å². The van der Waals surface area contributed by atoms with Gasteiger partial charge in [0, 0.05) is 18.5 Å². The fraction of sp³-hybridized carbons (Fsp3) is 0.846. The van der Waals surface area contributed by atoms with E-state index in [1.807, 2.05) is 6.92 Å². The molecule has 1 heterocycles. The highest BCUT2D eigenvalue weighted by molar-refractivity contribution is 5.69. The molecule has 6 nitrogen and oxygen atoms in total. The first-order chi connectivity index (χ1) is 8.70. The molecule has 19 heavy (non-hydrogen) atoms. The van der Waals surface area contributed by atoms with E-state index in [9.17, 15) is 9.59 Å². The largest absolute Gasteiger partial charge is 0.481 e. The molecule has 0 spiro atoms. The Bertz CT molecular complexity index is 336. The number of hydrogen-bond donors (Lipinski definition) is 1. The molecule has 1 fully saturated rings. The first kappa shape index (κ1) is 15.8. The van der Waals surface area contributed by atoms with E-state index in [4.69, 9.17) is 14.6 Å². The Balaban J connectivity index is 2.75. The summed E-state index contributed by atoms with van der Waals surface area (Å²) in [5.74, 6) is -1.10. The van der Waals surface area contributed by atoms with Gasteiger partial charge in [-0.2, -0.15) is 0 Å². The van der Waals surface area contributed by atoms with Gasteiger partial charge in [-0.05, 0) is 27.7 Å². The highest BCUT2D eigenvalue weighted by atomic mass is 16.6. The minimum atomic E-state index is -0.883. The summed E-state index contributed by atoms with van der Waals surface area (Å²) in [5, 5.41) is 8.90. The Morgan fingerprint density at radius 3 is 2.58 bits per heavy atom. The molecule has 1 saturated heterocycles. The molecule has 1 aliphatic rings. The SMILES string of the molecule is C[C@@H]1[C@H](CC(=O)O)COCCN1C(=O)OC(C)(C)C. The van der Waals surface area contributed by atoms with Crippen LogP contribution < -0.4 is 0 Å². The predicted molar refractivity (Wildman–Crippen MR) is 69.0 cm³/mol. The maximum Gasteiger partial charge on any atom is 0.410 e. The number of amides is 1. The number of carboxylic acid groups (broad SMARTS) is 1. The van der Waals surface area contributed by atoms with Crippen LogP contribution in [0.15, 0.2) is 0 Å². The second-order valence-corrected chi connectivity index (χ2v) is 5.85. The molecule has 1 amide bonds. The van der Waals surface area contributed by atoms with Crippen molar-refractivity contribution in [2.24, 2.45) is 5.92 Å². The van der Waals surface area contributed by atoms with Gasteiger partial charge in [0.25, 0.3) is 0 Å². The average molecular weight is 273 g/mol. The molecule has 1 rings (SSSR count). The van der Waals surface area contributed by atoms with E-state index in [1.54, 1.807) is 25.7 Å².